The van der Waals surface area contributed by atoms with Crippen molar-refractivity contribution in [2.24, 2.45) is 5.92 Å². The average Bonchev–Trinajstić information content (AvgIpc) is 2.17. The predicted octanol–water partition coefficient (Wildman–Crippen LogP) is 2.23. The van der Waals surface area contributed by atoms with E-state index in [9.17, 15) is 8.78 Å². The lowest BCUT2D eigenvalue weighted by Gasteiger charge is -2.17. The third kappa shape index (κ3) is 6.27. The molecule has 0 amide bonds. The second-order valence-corrected chi connectivity index (χ2v) is 3.62. The van der Waals surface area contributed by atoms with Crippen molar-refractivity contribution in [2.75, 3.05) is 25.6 Å². The fourth-order valence-electron chi connectivity index (χ4n) is 1.15. The first-order chi connectivity index (χ1) is 6.28. The number of halogens is 2. The van der Waals surface area contributed by atoms with Gasteiger partial charge in [-0.05, 0) is 24.6 Å². The molecule has 80 valence electrons. The van der Waals surface area contributed by atoms with Gasteiger partial charge < -0.3 is 5.32 Å². The Labute approximate surface area is 84.7 Å². The first-order valence-corrected chi connectivity index (χ1v) is 5.37. The van der Waals surface area contributed by atoms with Gasteiger partial charge in [-0.15, -0.1) is 0 Å². The van der Waals surface area contributed by atoms with Crippen molar-refractivity contribution in [2.45, 2.75) is 25.8 Å². The Hall–Kier alpha value is 0.170. The van der Waals surface area contributed by atoms with E-state index in [1.165, 1.54) is 0 Å². The van der Waals surface area contributed by atoms with Crippen LogP contribution in [0.4, 0.5) is 8.78 Å². The van der Waals surface area contributed by atoms with Crippen LogP contribution in [-0.4, -0.2) is 31.7 Å². The minimum absolute atomic E-state index is 0.425. The zero-order valence-electron chi connectivity index (χ0n) is 8.10. The van der Waals surface area contributed by atoms with Crippen molar-refractivity contribution in [1.82, 2.24) is 5.32 Å². The number of hydrogen-bond donors (Lipinski definition) is 2. The van der Waals surface area contributed by atoms with Crippen molar-refractivity contribution in [3.8, 4) is 0 Å². The highest BCUT2D eigenvalue weighted by Crippen LogP contribution is 2.07. The summed E-state index contributed by atoms with van der Waals surface area (Å²) in [4.78, 5) is 0. The van der Waals surface area contributed by atoms with Crippen LogP contribution in [0.15, 0.2) is 0 Å². The summed E-state index contributed by atoms with van der Waals surface area (Å²) < 4.78 is 24.2. The van der Waals surface area contributed by atoms with Crippen LogP contribution >= 0.6 is 12.6 Å². The van der Waals surface area contributed by atoms with Gasteiger partial charge in [-0.1, -0.05) is 13.3 Å². The molecule has 0 fully saturated rings. The second kappa shape index (κ2) is 8.75. The Morgan fingerprint density at radius 2 is 1.92 bits per heavy atom. The Kier molecular flexibility index (Phi) is 8.87. The van der Waals surface area contributed by atoms with E-state index in [0.717, 1.165) is 18.6 Å². The molecule has 0 aromatic carbocycles. The first-order valence-electron chi connectivity index (χ1n) is 4.74. The summed E-state index contributed by atoms with van der Waals surface area (Å²) in [5, 5.41) is 2.86. The molecule has 0 bridgehead atoms. The predicted molar refractivity (Wildman–Crippen MR) is 56.0 cm³/mol. The Bertz CT molecular complexity index is 110. The molecule has 13 heavy (non-hydrogen) atoms. The number of thiol groups is 1. The summed E-state index contributed by atoms with van der Waals surface area (Å²) in [5.74, 6) is 1.19. The first kappa shape index (κ1) is 13.2. The van der Waals surface area contributed by atoms with Crippen LogP contribution in [0.3, 0.4) is 0 Å². The van der Waals surface area contributed by atoms with Crippen molar-refractivity contribution in [1.29, 1.82) is 0 Å². The van der Waals surface area contributed by atoms with E-state index in [1.807, 2.05) is 0 Å². The summed E-state index contributed by atoms with van der Waals surface area (Å²) in [6, 6.07) is -0.626. The van der Waals surface area contributed by atoms with Crippen molar-refractivity contribution >= 4 is 12.6 Å². The van der Waals surface area contributed by atoms with E-state index in [4.69, 9.17) is 0 Å². The summed E-state index contributed by atoms with van der Waals surface area (Å²) in [6.45, 7) is 1.48. The Balaban J connectivity index is 3.56. The molecule has 0 aromatic heterocycles. The van der Waals surface area contributed by atoms with Gasteiger partial charge in [-0.2, -0.15) is 12.6 Å². The molecular weight excluding hydrogens is 192 g/mol. The fraction of sp³-hybridized carbons (Fsp3) is 1.00. The molecule has 0 aliphatic rings. The molecule has 1 unspecified atom stereocenters. The molecule has 0 saturated carbocycles. The van der Waals surface area contributed by atoms with Crippen LogP contribution in [0.5, 0.6) is 0 Å². The maximum absolute atomic E-state index is 12.1. The lowest BCUT2D eigenvalue weighted by atomic mass is 10.1. The van der Waals surface area contributed by atoms with Gasteiger partial charge in [-0.25, -0.2) is 8.78 Å². The third-order valence-corrected chi connectivity index (χ3v) is 2.54. The van der Waals surface area contributed by atoms with Crippen LogP contribution in [0.25, 0.3) is 0 Å². The molecule has 0 aromatic rings. The van der Waals surface area contributed by atoms with Crippen LogP contribution in [0.2, 0.25) is 0 Å². The molecule has 0 heterocycles. The smallest absolute Gasteiger partial charge is 0.107 e. The number of rotatable bonds is 8. The molecule has 1 nitrogen and oxygen atoms in total. The van der Waals surface area contributed by atoms with Crippen LogP contribution in [0, 0.1) is 5.92 Å². The SMILES string of the molecule is CCCC(CS)CNC(CF)CF. The van der Waals surface area contributed by atoms with Gasteiger partial charge >= 0.3 is 0 Å². The molecule has 1 N–H and O–H groups in total. The van der Waals surface area contributed by atoms with Crippen LogP contribution in [0.1, 0.15) is 19.8 Å². The van der Waals surface area contributed by atoms with Crippen LogP contribution < -0.4 is 5.32 Å². The molecule has 0 aliphatic heterocycles. The molecule has 0 rings (SSSR count). The van der Waals surface area contributed by atoms with Gasteiger partial charge in [0.05, 0.1) is 6.04 Å². The van der Waals surface area contributed by atoms with Gasteiger partial charge in [-0.3, -0.25) is 0 Å². The van der Waals surface area contributed by atoms with E-state index in [2.05, 4.69) is 24.9 Å². The minimum Gasteiger partial charge on any atom is -0.309 e. The van der Waals surface area contributed by atoms with E-state index < -0.39 is 19.4 Å². The summed E-state index contributed by atoms with van der Waals surface area (Å²) in [5.41, 5.74) is 0. The van der Waals surface area contributed by atoms with Crippen LogP contribution in [-0.2, 0) is 0 Å². The molecule has 0 spiro atoms. The van der Waals surface area contributed by atoms with Crippen molar-refractivity contribution in [3.05, 3.63) is 0 Å². The maximum Gasteiger partial charge on any atom is 0.107 e. The monoisotopic (exact) mass is 211 g/mol. The molecule has 0 radical (unpaired) electrons. The Morgan fingerprint density at radius 1 is 1.31 bits per heavy atom. The van der Waals surface area contributed by atoms with Crippen molar-refractivity contribution in [3.63, 3.8) is 0 Å². The van der Waals surface area contributed by atoms with Gasteiger partial charge in [0.15, 0.2) is 0 Å². The van der Waals surface area contributed by atoms with Gasteiger partial charge in [0.25, 0.3) is 0 Å². The van der Waals surface area contributed by atoms with E-state index in [1.54, 1.807) is 0 Å². The topological polar surface area (TPSA) is 12.0 Å². The highest BCUT2D eigenvalue weighted by Gasteiger charge is 2.10. The van der Waals surface area contributed by atoms with Gasteiger partial charge in [0, 0.05) is 0 Å². The van der Waals surface area contributed by atoms with Crippen molar-refractivity contribution < 1.29 is 8.78 Å². The Morgan fingerprint density at radius 3 is 2.31 bits per heavy atom. The lowest BCUT2D eigenvalue weighted by Crippen LogP contribution is -2.37. The largest absolute Gasteiger partial charge is 0.309 e. The van der Waals surface area contributed by atoms with E-state index in [0.29, 0.717) is 12.5 Å². The normalized spacial score (nSPS) is 13.6. The zero-order valence-corrected chi connectivity index (χ0v) is 8.99. The maximum atomic E-state index is 12.1. The number of hydrogen-bond acceptors (Lipinski definition) is 2. The van der Waals surface area contributed by atoms with Gasteiger partial charge in [0.2, 0.25) is 0 Å². The highest BCUT2D eigenvalue weighted by atomic mass is 32.1. The summed E-state index contributed by atoms with van der Waals surface area (Å²) in [6.07, 6.45) is 2.14. The molecule has 1 atom stereocenters. The second-order valence-electron chi connectivity index (χ2n) is 3.25. The highest BCUT2D eigenvalue weighted by molar-refractivity contribution is 7.80. The lowest BCUT2D eigenvalue weighted by molar-refractivity contribution is 0.295. The average molecular weight is 211 g/mol. The fourth-order valence-corrected chi connectivity index (χ4v) is 1.46. The van der Waals surface area contributed by atoms with E-state index in [-0.39, 0.29) is 0 Å². The third-order valence-electron chi connectivity index (χ3n) is 2.02. The number of nitrogens with one attached hydrogen (secondary N) is 1. The van der Waals surface area contributed by atoms with E-state index >= 15 is 0 Å². The summed E-state index contributed by atoms with van der Waals surface area (Å²) >= 11 is 4.18. The zero-order chi connectivity index (χ0) is 10.1. The van der Waals surface area contributed by atoms with Gasteiger partial charge in [0.1, 0.15) is 13.3 Å². The quantitative estimate of drug-likeness (QED) is 0.587. The molecule has 0 aliphatic carbocycles. The summed E-state index contributed by atoms with van der Waals surface area (Å²) in [7, 11) is 0. The number of alkyl halides is 2. The molecular formula is C9H19F2NS. The molecule has 0 saturated heterocycles. The minimum atomic E-state index is -0.637. The molecule has 4 heteroatoms. The standard InChI is InChI=1S/C9H19F2NS/c1-2-3-8(7-13)6-12-9(4-10)5-11/h8-9,12-13H,2-7H2,1H3.